The second kappa shape index (κ2) is 36.9. The number of rotatable bonds is 36. The second-order valence-corrected chi connectivity index (χ2v) is 25.5. The molecule has 2 atom stereocenters. The van der Waals surface area contributed by atoms with Crippen molar-refractivity contribution in [1.82, 2.24) is 0 Å². The van der Waals surface area contributed by atoms with Crippen LogP contribution in [0.15, 0.2) is 0 Å². The van der Waals surface area contributed by atoms with E-state index in [1.807, 2.05) is 0 Å². The highest BCUT2D eigenvalue weighted by Crippen LogP contribution is 2.61. The summed E-state index contributed by atoms with van der Waals surface area (Å²) in [6.07, 6.45) is 44.2. The predicted molar refractivity (Wildman–Crippen MR) is 247 cm³/mol. The molecule has 0 fully saturated rings. The van der Waals surface area contributed by atoms with Crippen LogP contribution in [0.4, 0.5) is 0 Å². The highest BCUT2D eigenvalue weighted by atomic mass is 31.2. The Morgan fingerprint density at radius 3 is 0.887 bits per heavy atom. The summed E-state index contributed by atoms with van der Waals surface area (Å²) in [5, 5.41) is 0. The van der Waals surface area contributed by atoms with Crippen LogP contribution in [0.5, 0.6) is 0 Å². The molecule has 5 heteroatoms. The molecule has 0 radical (unpaired) electrons. The molecule has 0 heterocycles. The smallest absolute Gasteiger partial charge is 0.310 e. The average molecular weight is 790 g/mol. The molecule has 0 N–H and O–H groups in total. The van der Waals surface area contributed by atoms with Crippen molar-refractivity contribution in [3.8, 4) is 0 Å². The van der Waals surface area contributed by atoms with Crippen LogP contribution in [-0.4, -0.2) is 37.9 Å². The van der Waals surface area contributed by atoms with Crippen molar-refractivity contribution in [1.29, 1.82) is 0 Å². The van der Waals surface area contributed by atoms with Crippen LogP contribution in [0, 0.1) is 22.7 Å². The standard InChI is InChI=1S/C32H68P.C16H35O3P/c1-5-9-13-17-18-19-20-21-22-23-24-28-32-33(29-25-14-10-6-2,30-26-15-11-7-3)31-27-16-12-8-4;1-13(9-15(3,4)5)11-18-20(17)19-12-14(2)10-16(6,7)8/h5-32H2,1-4H3;13-14,20H,9-12H2,1-8H3/q+1;. The molecule has 0 amide bonds. The van der Waals surface area contributed by atoms with Gasteiger partial charge in [-0.25, -0.2) is 0 Å². The summed E-state index contributed by atoms with van der Waals surface area (Å²) in [7, 11) is -3.04. The topological polar surface area (TPSA) is 35.5 Å². The van der Waals surface area contributed by atoms with E-state index in [0.717, 1.165) is 12.8 Å². The van der Waals surface area contributed by atoms with Crippen LogP contribution in [0.1, 0.15) is 250 Å². The van der Waals surface area contributed by atoms with Crippen LogP contribution in [-0.2, 0) is 13.6 Å². The van der Waals surface area contributed by atoms with E-state index in [0.29, 0.717) is 25.0 Å². The van der Waals surface area contributed by atoms with Crippen molar-refractivity contribution in [2.24, 2.45) is 22.7 Å². The van der Waals surface area contributed by atoms with Gasteiger partial charge in [-0.2, -0.15) is 0 Å². The first-order valence-electron chi connectivity index (χ1n) is 23.8. The molecular formula is C48H103O3P2+. The molecular weight excluding hydrogens is 686 g/mol. The molecule has 0 saturated carbocycles. The largest absolute Gasteiger partial charge is 0.319 e. The number of hydrogen-bond donors (Lipinski definition) is 0. The fourth-order valence-corrected chi connectivity index (χ4v) is 14.1. The van der Waals surface area contributed by atoms with Gasteiger partial charge in [0.25, 0.3) is 0 Å². The first kappa shape index (κ1) is 55.7. The van der Waals surface area contributed by atoms with Gasteiger partial charge in [-0.05, 0) is 86.9 Å². The Labute approximate surface area is 338 Å². The Balaban J connectivity index is 0. The van der Waals surface area contributed by atoms with E-state index in [4.69, 9.17) is 9.05 Å². The molecule has 0 rings (SSSR count). The molecule has 0 aromatic carbocycles. The van der Waals surface area contributed by atoms with Gasteiger partial charge in [-0.1, -0.05) is 186 Å². The van der Waals surface area contributed by atoms with Crippen molar-refractivity contribution in [2.75, 3.05) is 37.9 Å². The summed E-state index contributed by atoms with van der Waals surface area (Å²) in [6.45, 7) is 27.9. The predicted octanol–water partition coefficient (Wildman–Crippen LogP) is 18.0. The van der Waals surface area contributed by atoms with Crippen molar-refractivity contribution in [3.63, 3.8) is 0 Å². The lowest BCUT2D eigenvalue weighted by molar-refractivity contribution is 0.155. The third kappa shape index (κ3) is 42.0. The lowest BCUT2D eigenvalue weighted by Crippen LogP contribution is -2.15. The Morgan fingerprint density at radius 2 is 0.642 bits per heavy atom. The number of hydrogen-bond acceptors (Lipinski definition) is 3. The van der Waals surface area contributed by atoms with Gasteiger partial charge < -0.3 is 9.05 Å². The summed E-state index contributed by atoms with van der Waals surface area (Å²) >= 11 is 0. The molecule has 3 nitrogen and oxygen atoms in total. The van der Waals surface area contributed by atoms with Crippen molar-refractivity contribution in [3.05, 3.63) is 0 Å². The Morgan fingerprint density at radius 1 is 0.415 bits per heavy atom. The fourth-order valence-electron chi connectivity index (χ4n) is 8.25. The van der Waals surface area contributed by atoms with Crippen molar-refractivity contribution >= 4 is 15.5 Å². The minimum atomic E-state index is -2.34. The molecule has 0 aliphatic heterocycles. The molecule has 0 aromatic rings. The van der Waals surface area contributed by atoms with Gasteiger partial charge in [-0.3, -0.25) is 4.57 Å². The van der Waals surface area contributed by atoms with E-state index in [1.54, 1.807) is 50.3 Å². The summed E-state index contributed by atoms with van der Waals surface area (Å²) in [5.74, 6) is 0.805. The highest BCUT2D eigenvalue weighted by molar-refractivity contribution is 7.75. The molecule has 0 aliphatic carbocycles. The van der Waals surface area contributed by atoms with Gasteiger partial charge in [0.2, 0.25) is 0 Å². The molecule has 53 heavy (non-hydrogen) atoms. The van der Waals surface area contributed by atoms with Gasteiger partial charge in [-0.15, -0.1) is 0 Å². The molecule has 0 aromatic heterocycles. The summed E-state index contributed by atoms with van der Waals surface area (Å²) in [5.41, 5.74) is 0.557. The SMILES string of the molecule is CC(CO[PH](=O)OCC(C)CC(C)(C)C)CC(C)(C)C.CCCCCCCCCCCCCC[P+](CCCCCC)(CCCCCC)CCCCCC. The minimum absolute atomic E-state index is 0.278. The monoisotopic (exact) mass is 790 g/mol. The van der Waals surface area contributed by atoms with Gasteiger partial charge in [0.15, 0.2) is 0 Å². The highest BCUT2D eigenvalue weighted by Gasteiger charge is 2.35. The zero-order valence-corrected chi connectivity index (χ0v) is 40.8. The van der Waals surface area contributed by atoms with E-state index in [2.05, 4.69) is 83.1 Å². The van der Waals surface area contributed by atoms with Crippen molar-refractivity contribution < 1.29 is 13.6 Å². The first-order chi connectivity index (χ1) is 25.1. The fraction of sp³-hybridized carbons (Fsp3) is 1.00. The molecule has 0 bridgehead atoms. The van der Waals surface area contributed by atoms with E-state index in [1.165, 1.54) is 128 Å². The average Bonchev–Trinajstić information content (AvgIpc) is 3.08. The summed E-state index contributed by atoms with van der Waals surface area (Å²) < 4.78 is 22.4. The minimum Gasteiger partial charge on any atom is -0.310 e. The zero-order valence-electron chi connectivity index (χ0n) is 39.0. The van der Waals surface area contributed by atoms with Crippen LogP contribution < -0.4 is 0 Å². The van der Waals surface area contributed by atoms with Crippen LogP contribution >= 0.6 is 15.5 Å². The Bertz CT molecular complexity index is 712. The molecule has 0 spiro atoms. The summed E-state index contributed by atoms with van der Waals surface area (Å²) in [4.78, 5) is 0. The quantitative estimate of drug-likeness (QED) is 0.0468. The zero-order chi connectivity index (χ0) is 40.3. The lowest BCUT2D eigenvalue weighted by Gasteiger charge is -2.28. The van der Waals surface area contributed by atoms with Gasteiger partial charge in [0.1, 0.15) is 0 Å². The first-order valence-corrected chi connectivity index (χ1v) is 27.5. The van der Waals surface area contributed by atoms with Crippen LogP contribution in [0.2, 0.25) is 0 Å². The van der Waals surface area contributed by atoms with Gasteiger partial charge in [0, 0.05) is 7.26 Å². The maximum Gasteiger partial charge on any atom is 0.319 e. The molecule has 322 valence electrons. The normalized spacial score (nSPS) is 14.2. The van der Waals surface area contributed by atoms with E-state index in [-0.39, 0.29) is 10.8 Å². The van der Waals surface area contributed by atoms with Crippen molar-refractivity contribution in [2.45, 2.75) is 250 Å². The van der Waals surface area contributed by atoms with Crippen LogP contribution in [0.3, 0.4) is 0 Å². The summed E-state index contributed by atoms with van der Waals surface area (Å²) in [6, 6.07) is 0. The van der Waals surface area contributed by atoms with Gasteiger partial charge in [0.05, 0.1) is 37.9 Å². The van der Waals surface area contributed by atoms with E-state index < -0.39 is 15.5 Å². The lowest BCUT2D eigenvalue weighted by atomic mass is 9.86. The maximum absolute atomic E-state index is 11.7. The van der Waals surface area contributed by atoms with E-state index in [9.17, 15) is 4.57 Å². The Hall–Kier alpha value is 0.580. The molecule has 0 saturated heterocycles. The van der Waals surface area contributed by atoms with E-state index >= 15 is 0 Å². The van der Waals surface area contributed by atoms with Gasteiger partial charge >= 0.3 is 8.25 Å². The number of unbranched alkanes of at least 4 members (excludes halogenated alkanes) is 20. The second-order valence-electron chi connectivity index (χ2n) is 19.9. The third-order valence-corrected chi connectivity index (χ3v) is 16.7. The Kier molecular flexibility index (Phi) is 38.8. The molecule has 0 aliphatic rings. The molecule has 2 unspecified atom stereocenters. The maximum atomic E-state index is 11.7. The third-order valence-electron chi connectivity index (χ3n) is 10.8. The van der Waals surface area contributed by atoms with Crippen LogP contribution in [0.25, 0.3) is 0 Å².